The summed E-state index contributed by atoms with van der Waals surface area (Å²) in [5.74, 6) is 6.25. The second kappa shape index (κ2) is 6.49. The van der Waals surface area contributed by atoms with Crippen molar-refractivity contribution >= 4 is 5.97 Å². The summed E-state index contributed by atoms with van der Waals surface area (Å²) in [6.45, 7) is 0. The third-order valence-electron chi connectivity index (χ3n) is 4.09. The van der Waals surface area contributed by atoms with Gasteiger partial charge in [0, 0.05) is 11.1 Å². The first kappa shape index (κ1) is 14.4. The molecule has 0 saturated carbocycles. The van der Waals surface area contributed by atoms with Gasteiger partial charge in [0.05, 0.1) is 13.0 Å². The Morgan fingerprint density at radius 1 is 1.05 bits per heavy atom. The van der Waals surface area contributed by atoms with E-state index in [4.69, 9.17) is 4.74 Å². The maximum absolute atomic E-state index is 11.7. The summed E-state index contributed by atoms with van der Waals surface area (Å²) in [5.41, 5.74) is 4.55. The van der Waals surface area contributed by atoms with E-state index in [1.54, 1.807) is 0 Å². The SMILES string of the molecule is COC(=O)C1CCc2ccc(C#Cc3ccccc3)cc2C1. The molecule has 110 valence electrons. The molecule has 1 atom stereocenters. The van der Waals surface area contributed by atoms with Crippen LogP contribution in [-0.4, -0.2) is 13.1 Å². The molecule has 0 fully saturated rings. The predicted octanol–water partition coefficient (Wildman–Crippen LogP) is 3.36. The van der Waals surface area contributed by atoms with Gasteiger partial charge in [-0.2, -0.15) is 0 Å². The second-order valence-electron chi connectivity index (χ2n) is 5.56. The summed E-state index contributed by atoms with van der Waals surface area (Å²) < 4.78 is 4.87. The van der Waals surface area contributed by atoms with Crippen molar-refractivity contribution in [2.24, 2.45) is 5.92 Å². The van der Waals surface area contributed by atoms with Crippen LogP contribution < -0.4 is 0 Å². The zero-order valence-electron chi connectivity index (χ0n) is 12.6. The van der Waals surface area contributed by atoms with E-state index in [1.807, 2.05) is 30.3 Å². The minimum absolute atomic E-state index is 0.0187. The molecule has 2 nitrogen and oxygen atoms in total. The average molecular weight is 290 g/mol. The fourth-order valence-electron chi connectivity index (χ4n) is 2.87. The van der Waals surface area contributed by atoms with E-state index in [1.165, 1.54) is 18.2 Å². The standard InChI is InChI=1S/C20H18O2/c1-22-20(21)18-12-11-17-10-9-16(13-19(17)14-18)8-7-15-5-3-2-4-6-15/h2-6,9-10,13,18H,11-12,14H2,1H3. The zero-order valence-corrected chi connectivity index (χ0v) is 12.6. The van der Waals surface area contributed by atoms with Crippen molar-refractivity contribution in [3.8, 4) is 11.8 Å². The lowest BCUT2D eigenvalue weighted by atomic mass is 9.83. The third kappa shape index (κ3) is 3.20. The Labute approximate surface area is 131 Å². The van der Waals surface area contributed by atoms with Gasteiger partial charge in [0.1, 0.15) is 0 Å². The fraction of sp³-hybridized carbons (Fsp3) is 0.250. The predicted molar refractivity (Wildman–Crippen MR) is 86.4 cm³/mol. The fourth-order valence-corrected chi connectivity index (χ4v) is 2.87. The van der Waals surface area contributed by atoms with Gasteiger partial charge in [-0.15, -0.1) is 0 Å². The maximum Gasteiger partial charge on any atom is 0.309 e. The number of rotatable bonds is 1. The molecule has 0 bridgehead atoms. The van der Waals surface area contributed by atoms with Crippen molar-refractivity contribution in [3.63, 3.8) is 0 Å². The van der Waals surface area contributed by atoms with Gasteiger partial charge in [-0.25, -0.2) is 0 Å². The monoisotopic (exact) mass is 290 g/mol. The molecule has 0 aromatic heterocycles. The van der Waals surface area contributed by atoms with Crippen LogP contribution in [0.5, 0.6) is 0 Å². The Morgan fingerprint density at radius 2 is 1.82 bits per heavy atom. The zero-order chi connectivity index (χ0) is 15.4. The topological polar surface area (TPSA) is 26.3 Å². The van der Waals surface area contributed by atoms with Crippen LogP contribution in [0.3, 0.4) is 0 Å². The lowest BCUT2D eigenvalue weighted by Crippen LogP contribution is -2.23. The quantitative estimate of drug-likeness (QED) is 0.594. The molecule has 2 aromatic carbocycles. The van der Waals surface area contributed by atoms with Crippen molar-refractivity contribution in [1.82, 2.24) is 0 Å². The van der Waals surface area contributed by atoms with Gasteiger partial charge in [0.2, 0.25) is 0 Å². The number of hydrogen-bond acceptors (Lipinski definition) is 2. The normalized spacial score (nSPS) is 16.1. The molecule has 0 radical (unpaired) electrons. The number of methoxy groups -OCH3 is 1. The Balaban J connectivity index is 1.82. The molecule has 1 aliphatic rings. The van der Waals surface area contributed by atoms with E-state index in [9.17, 15) is 4.79 Å². The minimum Gasteiger partial charge on any atom is -0.469 e. The van der Waals surface area contributed by atoms with E-state index < -0.39 is 0 Å². The van der Waals surface area contributed by atoms with Crippen molar-refractivity contribution in [2.45, 2.75) is 19.3 Å². The average Bonchev–Trinajstić information content (AvgIpc) is 2.59. The highest BCUT2D eigenvalue weighted by Gasteiger charge is 2.25. The van der Waals surface area contributed by atoms with E-state index in [0.29, 0.717) is 0 Å². The van der Waals surface area contributed by atoms with Gasteiger partial charge in [-0.1, -0.05) is 36.1 Å². The van der Waals surface area contributed by atoms with Gasteiger partial charge in [0.15, 0.2) is 0 Å². The highest BCUT2D eigenvalue weighted by Crippen LogP contribution is 2.27. The molecule has 0 heterocycles. The Hall–Kier alpha value is -2.53. The van der Waals surface area contributed by atoms with Crippen LogP contribution in [0.4, 0.5) is 0 Å². The summed E-state index contributed by atoms with van der Waals surface area (Å²) in [6.07, 6.45) is 2.55. The van der Waals surface area contributed by atoms with Crippen molar-refractivity contribution in [1.29, 1.82) is 0 Å². The molecule has 3 rings (SSSR count). The first-order chi connectivity index (χ1) is 10.8. The van der Waals surface area contributed by atoms with Crippen LogP contribution in [0.15, 0.2) is 48.5 Å². The molecular formula is C20H18O2. The number of esters is 1. The summed E-state index contributed by atoms with van der Waals surface area (Å²) >= 11 is 0. The summed E-state index contributed by atoms with van der Waals surface area (Å²) in [7, 11) is 1.46. The van der Waals surface area contributed by atoms with E-state index in [2.05, 4.69) is 30.0 Å². The number of carbonyl (C=O) groups excluding carboxylic acids is 1. The molecule has 0 N–H and O–H groups in total. The summed E-state index contributed by atoms with van der Waals surface area (Å²) in [5, 5.41) is 0. The first-order valence-electron chi connectivity index (χ1n) is 7.53. The lowest BCUT2D eigenvalue weighted by Gasteiger charge is -2.22. The van der Waals surface area contributed by atoms with E-state index in [-0.39, 0.29) is 11.9 Å². The highest BCUT2D eigenvalue weighted by atomic mass is 16.5. The maximum atomic E-state index is 11.7. The van der Waals surface area contributed by atoms with Crippen molar-refractivity contribution in [2.75, 3.05) is 7.11 Å². The summed E-state index contributed by atoms with van der Waals surface area (Å²) in [4.78, 5) is 11.7. The minimum atomic E-state index is -0.105. The van der Waals surface area contributed by atoms with Crippen LogP contribution >= 0.6 is 0 Å². The molecular weight excluding hydrogens is 272 g/mol. The van der Waals surface area contributed by atoms with Gasteiger partial charge < -0.3 is 4.74 Å². The van der Waals surface area contributed by atoms with E-state index >= 15 is 0 Å². The third-order valence-corrected chi connectivity index (χ3v) is 4.09. The summed E-state index contributed by atoms with van der Waals surface area (Å²) in [6, 6.07) is 16.3. The number of fused-ring (bicyclic) bond motifs is 1. The van der Waals surface area contributed by atoms with Crippen LogP contribution in [-0.2, 0) is 22.4 Å². The molecule has 1 aliphatic carbocycles. The van der Waals surface area contributed by atoms with Gasteiger partial charge in [0.25, 0.3) is 0 Å². The number of carbonyl (C=O) groups is 1. The van der Waals surface area contributed by atoms with Crippen LogP contribution in [0.1, 0.15) is 28.7 Å². The van der Waals surface area contributed by atoms with Crippen molar-refractivity contribution in [3.05, 3.63) is 70.8 Å². The number of aryl methyl sites for hydroxylation is 1. The largest absolute Gasteiger partial charge is 0.469 e. The Kier molecular flexibility index (Phi) is 4.25. The number of hydrogen-bond donors (Lipinski definition) is 0. The highest BCUT2D eigenvalue weighted by molar-refractivity contribution is 5.73. The molecule has 0 amide bonds. The van der Waals surface area contributed by atoms with Crippen molar-refractivity contribution < 1.29 is 9.53 Å². The molecule has 1 unspecified atom stereocenters. The van der Waals surface area contributed by atoms with Gasteiger partial charge >= 0.3 is 5.97 Å². The van der Waals surface area contributed by atoms with Gasteiger partial charge in [-0.3, -0.25) is 4.79 Å². The van der Waals surface area contributed by atoms with Crippen LogP contribution in [0.25, 0.3) is 0 Å². The van der Waals surface area contributed by atoms with Crippen LogP contribution in [0, 0.1) is 17.8 Å². The molecule has 0 spiro atoms. The molecule has 0 saturated heterocycles. The second-order valence-corrected chi connectivity index (χ2v) is 5.56. The molecule has 22 heavy (non-hydrogen) atoms. The lowest BCUT2D eigenvalue weighted by molar-refractivity contribution is -0.145. The Bertz CT molecular complexity index is 735. The Morgan fingerprint density at radius 3 is 2.59 bits per heavy atom. The smallest absolute Gasteiger partial charge is 0.309 e. The molecule has 2 heteroatoms. The molecule has 0 aliphatic heterocycles. The van der Waals surface area contributed by atoms with Gasteiger partial charge in [-0.05, 0) is 54.7 Å². The van der Waals surface area contributed by atoms with E-state index in [0.717, 1.165) is 30.4 Å². The van der Waals surface area contributed by atoms with Crippen LogP contribution in [0.2, 0.25) is 0 Å². The number of ether oxygens (including phenoxy) is 1. The molecule has 2 aromatic rings. The first-order valence-corrected chi connectivity index (χ1v) is 7.53. The number of benzene rings is 2.